The third-order valence-electron chi connectivity index (χ3n) is 3.24. The van der Waals surface area contributed by atoms with Crippen LogP contribution in [0, 0.1) is 5.92 Å². The fourth-order valence-corrected chi connectivity index (χ4v) is 1.45. The summed E-state index contributed by atoms with van der Waals surface area (Å²) in [6.07, 6.45) is 9.61. The van der Waals surface area contributed by atoms with E-state index in [1.54, 1.807) is 0 Å². The predicted molar refractivity (Wildman–Crippen MR) is 79.8 cm³/mol. The van der Waals surface area contributed by atoms with Gasteiger partial charge in [-0.2, -0.15) is 0 Å². The summed E-state index contributed by atoms with van der Waals surface area (Å²) in [6.45, 7) is 12.9. The van der Waals surface area contributed by atoms with E-state index < -0.39 is 0 Å². The average Bonchev–Trinajstić information content (AvgIpc) is 2.35. The first kappa shape index (κ1) is 15.9. The molecule has 1 nitrogen and oxygen atoms in total. The maximum absolute atomic E-state index is 4.18. The van der Waals surface area contributed by atoms with Crippen molar-refractivity contribution in [2.24, 2.45) is 10.9 Å². The molecule has 0 radical (unpaired) electrons. The Labute approximate surface area is 107 Å². The molecule has 96 valence electrons. The smallest absolute Gasteiger partial charge is 0.0313 e. The van der Waals surface area contributed by atoms with E-state index >= 15 is 0 Å². The van der Waals surface area contributed by atoms with Crippen molar-refractivity contribution in [3.05, 3.63) is 36.0 Å². The molecule has 1 heteroatoms. The minimum absolute atomic E-state index is 0.618. The normalized spacial score (nSPS) is 15.4. The van der Waals surface area contributed by atoms with E-state index in [2.05, 4.69) is 44.5 Å². The maximum Gasteiger partial charge on any atom is 0.0313 e. The minimum Gasteiger partial charge on any atom is -0.293 e. The van der Waals surface area contributed by atoms with Gasteiger partial charge in [0.2, 0.25) is 0 Å². The Kier molecular flexibility index (Phi) is 8.39. The van der Waals surface area contributed by atoms with Gasteiger partial charge in [-0.1, -0.05) is 50.6 Å². The van der Waals surface area contributed by atoms with Gasteiger partial charge in [0.25, 0.3) is 0 Å². The Balaban J connectivity index is 4.48. The van der Waals surface area contributed by atoms with Crippen LogP contribution in [0.15, 0.2) is 40.9 Å². The van der Waals surface area contributed by atoms with Crippen molar-refractivity contribution in [3.63, 3.8) is 0 Å². The highest BCUT2D eigenvalue weighted by molar-refractivity contribution is 5.92. The first-order valence-electron chi connectivity index (χ1n) is 6.52. The highest BCUT2D eigenvalue weighted by Crippen LogP contribution is 2.21. The molecular weight excluding hydrogens is 206 g/mol. The van der Waals surface area contributed by atoms with Gasteiger partial charge < -0.3 is 0 Å². The quantitative estimate of drug-likeness (QED) is 0.335. The zero-order valence-corrected chi connectivity index (χ0v) is 12.1. The lowest BCUT2D eigenvalue weighted by molar-refractivity contribution is 0.637. The van der Waals surface area contributed by atoms with Crippen LogP contribution in [0.5, 0.6) is 0 Å². The summed E-state index contributed by atoms with van der Waals surface area (Å²) in [5, 5.41) is 0. The molecule has 0 aromatic heterocycles. The summed E-state index contributed by atoms with van der Waals surface area (Å²) in [7, 11) is 1.81. The van der Waals surface area contributed by atoms with Crippen molar-refractivity contribution in [2.75, 3.05) is 7.05 Å². The van der Waals surface area contributed by atoms with E-state index in [0.717, 1.165) is 18.6 Å². The molecule has 0 bridgehead atoms. The fourth-order valence-electron chi connectivity index (χ4n) is 1.45. The standard InChI is InChI=1S/C16H27N/c1-7-13(3)14(4)12-16(8-2)11-9-10-15(5)17-6/h9-11,13H,4,7-8,12H2,1-3,5-6H3/b10-9-,16-11-,17-15+. The lowest BCUT2D eigenvalue weighted by atomic mass is 9.93. The van der Waals surface area contributed by atoms with Crippen molar-refractivity contribution in [3.8, 4) is 0 Å². The van der Waals surface area contributed by atoms with E-state index in [1.807, 2.05) is 20.0 Å². The van der Waals surface area contributed by atoms with Gasteiger partial charge in [-0.05, 0) is 38.2 Å². The molecule has 0 aromatic rings. The lowest BCUT2D eigenvalue weighted by Gasteiger charge is -2.13. The van der Waals surface area contributed by atoms with E-state index in [-0.39, 0.29) is 0 Å². The van der Waals surface area contributed by atoms with Crippen LogP contribution in [-0.4, -0.2) is 12.8 Å². The van der Waals surface area contributed by atoms with Gasteiger partial charge in [-0.25, -0.2) is 0 Å². The zero-order valence-electron chi connectivity index (χ0n) is 12.1. The molecule has 0 spiro atoms. The largest absolute Gasteiger partial charge is 0.293 e. The predicted octanol–water partition coefficient (Wildman–Crippen LogP) is 4.96. The van der Waals surface area contributed by atoms with Crippen LogP contribution in [0.25, 0.3) is 0 Å². The van der Waals surface area contributed by atoms with E-state index in [1.165, 1.54) is 17.6 Å². The fraction of sp³-hybridized carbons (Fsp3) is 0.562. The molecule has 0 saturated heterocycles. The van der Waals surface area contributed by atoms with Crippen LogP contribution in [-0.2, 0) is 0 Å². The molecule has 0 aliphatic rings. The van der Waals surface area contributed by atoms with Crippen LogP contribution >= 0.6 is 0 Å². The summed E-state index contributed by atoms with van der Waals surface area (Å²) in [6, 6.07) is 0. The molecule has 0 fully saturated rings. The lowest BCUT2D eigenvalue weighted by Crippen LogP contribution is -1.97. The van der Waals surface area contributed by atoms with Crippen molar-refractivity contribution < 1.29 is 0 Å². The molecule has 0 amide bonds. The third kappa shape index (κ3) is 6.93. The molecule has 0 rings (SSSR count). The van der Waals surface area contributed by atoms with Crippen molar-refractivity contribution in [1.82, 2.24) is 0 Å². The number of hydrogen-bond acceptors (Lipinski definition) is 1. The van der Waals surface area contributed by atoms with Gasteiger partial charge in [0.15, 0.2) is 0 Å². The van der Waals surface area contributed by atoms with Crippen LogP contribution < -0.4 is 0 Å². The van der Waals surface area contributed by atoms with Gasteiger partial charge in [0.05, 0.1) is 0 Å². The van der Waals surface area contributed by atoms with Crippen molar-refractivity contribution in [1.29, 1.82) is 0 Å². The Morgan fingerprint density at radius 3 is 2.47 bits per heavy atom. The zero-order chi connectivity index (χ0) is 13.3. The van der Waals surface area contributed by atoms with E-state index in [0.29, 0.717) is 5.92 Å². The molecule has 17 heavy (non-hydrogen) atoms. The number of rotatable bonds is 7. The number of nitrogens with zero attached hydrogens (tertiary/aromatic N) is 1. The summed E-state index contributed by atoms with van der Waals surface area (Å²) in [5.74, 6) is 0.618. The van der Waals surface area contributed by atoms with Crippen LogP contribution in [0.1, 0.15) is 47.0 Å². The topological polar surface area (TPSA) is 12.4 Å². The summed E-state index contributed by atoms with van der Waals surface area (Å²) >= 11 is 0. The molecule has 0 aliphatic heterocycles. The molecule has 1 atom stereocenters. The van der Waals surface area contributed by atoms with Crippen LogP contribution in [0.2, 0.25) is 0 Å². The number of aliphatic imine (C=N–C) groups is 1. The number of hydrogen-bond donors (Lipinski definition) is 0. The molecule has 0 heterocycles. The Hall–Kier alpha value is -1.11. The minimum atomic E-state index is 0.618. The Morgan fingerprint density at radius 1 is 1.35 bits per heavy atom. The Bertz CT molecular complexity index is 318. The average molecular weight is 233 g/mol. The monoisotopic (exact) mass is 233 g/mol. The van der Waals surface area contributed by atoms with Gasteiger partial charge in [-0.15, -0.1) is 0 Å². The summed E-state index contributed by atoms with van der Waals surface area (Å²) in [5.41, 5.74) is 3.84. The molecule has 0 aliphatic carbocycles. The van der Waals surface area contributed by atoms with Gasteiger partial charge in [0.1, 0.15) is 0 Å². The SMILES string of the molecule is C=C(C\C(=C/C=C\C(C)=N\C)CC)C(C)CC. The first-order valence-corrected chi connectivity index (χ1v) is 6.52. The van der Waals surface area contributed by atoms with E-state index in [4.69, 9.17) is 0 Å². The third-order valence-corrected chi connectivity index (χ3v) is 3.24. The molecule has 1 unspecified atom stereocenters. The molecular formula is C16H27N. The van der Waals surface area contributed by atoms with E-state index in [9.17, 15) is 0 Å². The first-order chi connectivity index (χ1) is 8.04. The van der Waals surface area contributed by atoms with Gasteiger partial charge in [0, 0.05) is 12.8 Å². The summed E-state index contributed by atoms with van der Waals surface area (Å²) in [4.78, 5) is 4.10. The van der Waals surface area contributed by atoms with Crippen molar-refractivity contribution >= 4 is 5.71 Å². The number of allylic oxidation sites excluding steroid dienone is 5. The molecule has 0 aromatic carbocycles. The Morgan fingerprint density at radius 2 is 2.00 bits per heavy atom. The second-order valence-corrected chi connectivity index (χ2v) is 4.55. The highest BCUT2D eigenvalue weighted by atomic mass is 14.7. The second-order valence-electron chi connectivity index (χ2n) is 4.55. The summed E-state index contributed by atoms with van der Waals surface area (Å²) < 4.78 is 0. The van der Waals surface area contributed by atoms with Crippen molar-refractivity contribution in [2.45, 2.75) is 47.0 Å². The van der Waals surface area contributed by atoms with Gasteiger partial charge in [-0.3, -0.25) is 4.99 Å². The maximum atomic E-state index is 4.18. The van der Waals surface area contributed by atoms with Crippen LogP contribution in [0.4, 0.5) is 0 Å². The van der Waals surface area contributed by atoms with Gasteiger partial charge >= 0.3 is 0 Å². The molecule has 0 saturated carbocycles. The van der Waals surface area contributed by atoms with Crippen LogP contribution in [0.3, 0.4) is 0 Å². The molecule has 0 N–H and O–H groups in total. The second kappa shape index (κ2) is 8.98. The highest BCUT2D eigenvalue weighted by Gasteiger charge is 2.05.